The van der Waals surface area contributed by atoms with E-state index in [9.17, 15) is 9.18 Å². The Labute approximate surface area is 109 Å². The Morgan fingerprint density at radius 2 is 2.00 bits per heavy atom. The van der Waals surface area contributed by atoms with Crippen LogP contribution in [0.15, 0.2) is 35.1 Å². The molecule has 1 aromatic carbocycles. The largest absolute Gasteiger partial charge is 0.478 e. The van der Waals surface area contributed by atoms with Crippen molar-refractivity contribution >= 4 is 21.9 Å². The normalized spacial score (nSPS) is 10.1. The molecule has 0 amide bonds. The SMILES string of the molecule is O=C(O)c1ccc(Br)cc1Oc1ncc(F)cn1. The summed E-state index contributed by atoms with van der Waals surface area (Å²) in [6, 6.07) is 4.29. The maximum absolute atomic E-state index is 12.6. The standard InChI is InChI=1S/C11H6BrFN2O3/c12-6-1-2-8(10(16)17)9(3-6)18-11-14-4-7(13)5-15-11/h1-5H,(H,16,17). The number of aromatic nitrogens is 2. The summed E-state index contributed by atoms with van der Waals surface area (Å²) in [5.74, 6) is -1.67. The third-order valence-electron chi connectivity index (χ3n) is 1.97. The summed E-state index contributed by atoms with van der Waals surface area (Å²) >= 11 is 3.20. The van der Waals surface area contributed by atoms with E-state index in [1.807, 2.05) is 0 Å². The molecule has 1 aromatic heterocycles. The molecule has 0 radical (unpaired) electrons. The number of rotatable bonds is 3. The quantitative estimate of drug-likeness (QED) is 0.943. The molecule has 0 fully saturated rings. The van der Waals surface area contributed by atoms with Gasteiger partial charge in [0.05, 0.1) is 12.4 Å². The number of carbonyl (C=O) groups is 1. The highest BCUT2D eigenvalue weighted by molar-refractivity contribution is 9.10. The van der Waals surface area contributed by atoms with E-state index in [4.69, 9.17) is 9.84 Å². The minimum atomic E-state index is -1.14. The first-order valence-electron chi connectivity index (χ1n) is 4.74. The van der Waals surface area contributed by atoms with E-state index in [-0.39, 0.29) is 17.3 Å². The van der Waals surface area contributed by atoms with Crippen molar-refractivity contribution in [1.29, 1.82) is 0 Å². The van der Waals surface area contributed by atoms with Gasteiger partial charge in [-0.1, -0.05) is 15.9 Å². The van der Waals surface area contributed by atoms with Crippen LogP contribution in [0, 0.1) is 5.82 Å². The second kappa shape index (κ2) is 5.09. The molecule has 92 valence electrons. The van der Waals surface area contributed by atoms with Gasteiger partial charge in [-0.2, -0.15) is 0 Å². The zero-order valence-electron chi connectivity index (χ0n) is 8.80. The molecule has 0 atom stereocenters. The number of nitrogens with zero attached hydrogens (tertiary/aromatic N) is 2. The molecular formula is C11H6BrFN2O3. The first kappa shape index (κ1) is 12.4. The first-order chi connectivity index (χ1) is 8.56. The third kappa shape index (κ3) is 2.80. The van der Waals surface area contributed by atoms with Gasteiger partial charge in [0.2, 0.25) is 0 Å². The van der Waals surface area contributed by atoms with Crippen LogP contribution in [0.5, 0.6) is 11.8 Å². The highest BCUT2D eigenvalue weighted by atomic mass is 79.9. The van der Waals surface area contributed by atoms with Crippen molar-refractivity contribution in [2.75, 3.05) is 0 Å². The van der Waals surface area contributed by atoms with Gasteiger partial charge < -0.3 is 9.84 Å². The molecule has 18 heavy (non-hydrogen) atoms. The van der Waals surface area contributed by atoms with Crippen molar-refractivity contribution < 1.29 is 19.0 Å². The number of aromatic carboxylic acids is 1. The van der Waals surface area contributed by atoms with Gasteiger partial charge in [0, 0.05) is 4.47 Å². The van der Waals surface area contributed by atoms with E-state index in [1.165, 1.54) is 12.1 Å². The molecule has 0 aliphatic rings. The maximum atomic E-state index is 12.6. The Balaban J connectivity index is 2.35. The van der Waals surface area contributed by atoms with Gasteiger partial charge in [-0.05, 0) is 18.2 Å². The van der Waals surface area contributed by atoms with Crippen molar-refractivity contribution in [2.24, 2.45) is 0 Å². The number of carboxylic acid groups (broad SMARTS) is 1. The Kier molecular flexibility index (Phi) is 3.52. The molecule has 2 rings (SSSR count). The van der Waals surface area contributed by atoms with Gasteiger partial charge in [-0.3, -0.25) is 0 Å². The molecule has 0 saturated heterocycles. The summed E-state index contributed by atoms with van der Waals surface area (Å²) in [5.41, 5.74) is -0.0360. The van der Waals surface area contributed by atoms with Crippen molar-refractivity contribution in [3.63, 3.8) is 0 Å². The molecule has 0 saturated carbocycles. The van der Waals surface area contributed by atoms with Crippen LogP contribution in [-0.2, 0) is 0 Å². The zero-order valence-corrected chi connectivity index (χ0v) is 10.4. The molecule has 0 unspecified atom stereocenters. The molecule has 1 N–H and O–H groups in total. The topological polar surface area (TPSA) is 72.3 Å². The summed E-state index contributed by atoms with van der Waals surface area (Å²) in [7, 11) is 0. The molecule has 7 heteroatoms. The minimum absolute atomic E-state index is 0.0360. The highest BCUT2D eigenvalue weighted by Crippen LogP contribution is 2.26. The van der Waals surface area contributed by atoms with Gasteiger partial charge in [0.15, 0.2) is 5.82 Å². The summed E-state index contributed by atoms with van der Waals surface area (Å²) < 4.78 is 18.5. The van der Waals surface area contributed by atoms with E-state index in [2.05, 4.69) is 25.9 Å². The lowest BCUT2D eigenvalue weighted by Crippen LogP contribution is -2.01. The van der Waals surface area contributed by atoms with Crippen LogP contribution in [0.3, 0.4) is 0 Å². The number of hydrogen-bond donors (Lipinski definition) is 1. The molecule has 0 aliphatic heterocycles. The molecule has 0 spiro atoms. The van der Waals surface area contributed by atoms with Crippen molar-refractivity contribution in [2.45, 2.75) is 0 Å². The Hall–Kier alpha value is -2.02. The lowest BCUT2D eigenvalue weighted by molar-refractivity contribution is 0.0694. The Bertz CT molecular complexity index is 589. The summed E-state index contributed by atoms with van der Waals surface area (Å²) in [4.78, 5) is 18.2. The van der Waals surface area contributed by atoms with Crippen LogP contribution >= 0.6 is 15.9 Å². The number of benzene rings is 1. The number of ether oxygens (including phenoxy) is 1. The predicted octanol–water partition coefficient (Wildman–Crippen LogP) is 2.87. The lowest BCUT2D eigenvalue weighted by Gasteiger charge is -2.07. The first-order valence-corrected chi connectivity index (χ1v) is 5.54. The van der Waals surface area contributed by atoms with E-state index >= 15 is 0 Å². The number of carboxylic acids is 1. The van der Waals surface area contributed by atoms with E-state index in [0.29, 0.717) is 4.47 Å². The van der Waals surface area contributed by atoms with Crippen LogP contribution in [0.25, 0.3) is 0 Å². The molecule has 0 aliphatic carbocycles. The second-order valence-corrected chi connectivity index (χ2v) is 4.15. The third-order valence-corrected chi connectivity index (χ3v) is 2.47. The minimum Gasteiger partial charge on any atom is -0.478 e. The molecule has 1 heterocycles. The van der Waals surface area contributed by atoms with Crippen LogP contribution in [0.1, 0.15) is 10.4 Å². The van der Waals surface area contributed by atoms with Gasteiger partial charge in [-0.25, -0.2) is 19.2 Å². The highest BCUT2D eigenvalue weighted by Gasteiger charge is 2.13. The van der Waals surface area contributed by atoms with Gasteiger partial charge in [-0.15, -0.1) is 0 Å². The van der Waals surface area contributed by atoms with Crippen molar-refractivity contribution in [3.8, 4) is 11.8 Å². The fourth-order valence-electron chi connectivity index (χ4n) is 1.21. The lowest BCUT2D eigenvalue weighted by atomic mass is 10.2. The molecule has 5 nitrogen and oxygen atoms in total. The Morgan fingerprint density at radius 1 is 1.33 bits per heavy atom. The molecular weight excluding hydrogens is 307 g/mol. The molecule has 0 bridgehead atoms. The fourth-order valence-corrected chi connectivity index (χ4v) is 1.55. The van der Waals surface area contributed by atoms with Crippen LogP contribution in [0.2, 0.25) is 0 Å². The smallest absolute Gasteiger partial charge is 0.339 e. The van der Waals surface area contributed by atoms with Crippen LogP contribution < -0.4 is 4.74 Å². The summed E-state index contributed by atoms with van der Waals surface area (Å²) in [5, 5.41) is 8.98. The fraction of sp³-hybridized carbons (Fsp3) is 0. The maximum Gasteiger partial charge on any atom is 0.339 e. The van der Waals surface area contributed by atoms with Crippen LogP contribution in [-0.4, -0.2) is 21.0 Å². The Morgan fingerprint density at radius 3 is 2.61 bits per heavy atom. The van der Waals surface area contributed by atoms with E-state index in [1.54, 1.807) is 6.07 Å². The second-order valence-electron chi connectivity index (χ2n) is 3.23. The summed E-state index contributed by atoms with van der Waals surface area (Å²) in [6.45, 7) is 0. The van der Waals surface area contributed by atoms with Crippen molar-refractivity contribution in [1.82, 2.24) is 9.97 Å². The number of halogens is 2. The van der Waals surface area contributed by atoms with Crippen LogP contribution in [0.4, 0.5) is 4.39 Å². The average Bonchev–Trinajstić information content (AvgIpc) is 2.32. The van der Waals surface area contributed by atoms with E-state index in [0.717, 1.165) is 12.4 Å². The van der Waals surface area contributed by atoms with Gasteiger partial charge in [0.1, 0.15) is 11.3 Å². The zero-order chi connectivity index (χ0) is 13.1. The predicted molar refractivity (Wildman–Crippen MR) is 63.2 cm³/mol. The van der Waals surface area contributed by atoms with Gasteiger partial charge >= 0.3 is 12.0 Å². The average molecular weight is 313 g/mol. The van der Waals surface area contributed by atoms with Crippen molar-refractivity contribution in [3.05, 3.63) is 46.4 Å². The monoisotopic (exact) mass is 312 g/mol. The summed E-state index contributed by atoms with van der Waals surface area (Å²) in [6.07, 6.45) is 1.86. The van der Waals surface area contributed by atoms with Gasteiger partial charge in [0.25, 0.3) is 0 Å². The van der Waals surface area contributed by atoms with E-state index < -0.39 is 11.8 Å². The molecule has 2 aromatic rings. The number of hydrogen-bond acceptors (Lipinski definition) is 4.